The molecule has 0 radical (unpaired) electrons. The van der Waals surface area contributed by atoms with Gasteiger partial charge in [-0.1, -0.05) is 78.9 Å². The number of ketones is 1. The van der Waals surface area contributed by atoms with E-state index in [-0.39, 0.29) is 5.78 Å². The van der Waals surface area contributed by atoms with Crippen LogP contribution in [0.15, 0.2) is 103 Å². The molecule has 1 aliphatic carbocycles. The summed E-state index contributed by atoms with van der Waals surface area (Å²) in [6, 6.07) is 29.9. The third kappa shape index (κ3) is 2.86. The Balaban J connectivity index is 1.86. The molecule has 3 aromatic carbocycles. The van der Waals surface area contributed by atoms with Crippen molar-refractivity contribution in [2.75, 3.05) is 11.9 Å². The molecular formula is C24H19NO. The lowest BCUT2D eigenvalue weighted by Gasteiger charge is -2.21. The molecule has 0 fully saturated rings. The van der Waals surface area contributed by atoms with Gasteiger partial charge in [0, 0.05) is 18.3 Å². The normalized spacial score (nSPS) is 13.7. The number of para-hydroxylation sites is 1. The Morgan fingerprint density at radius 1 is 0.654 bits per heavy atom. The zero-order chi connectivity index (χ0) is 17.9. The van der Waals surface area contributed by atoms with Crippen LogP contribution in [0.5, 0.6) is 0 Å². The van der Waals surface area contributed by atoms with Crippen LogP contribution in [0.2, 0.25) is 0 Å². The van der Waals surface area contributed by atoms with Crippen molar-refractivity contribution >= 4 is 22.6 Å². The molecule has 1 aliphatic rings. The molecule has 0 bridgehead atoms. The van der Waals surface area contributed by atoms with E-state index in [1.54, 1.807) is 0 Å². The summed E-state index contributed by atoms with van der Waals surface area (Å²) in [4.78, 5) is 15.4. The van der Waals surface area contributed by atoms with Crippen LogP contribution in [0, 0.1) is 0 Å². The zero-order valence-corrected chi connectivity index (χ0v) is 14.6. The van der Waals surface area contributed by atoms with Gasteiger partial charge in [0.15, 0.2) is 5.78 Å². The molecule has 0 N–H and O–H groups in total. The molecule has 0 atom stereocenters. The smallest absolute Gasteiger partial charge is 0.196 e. The maximum Gasteiger partial charge on any atom is 0.196 e. The number of carbonyl (C=O) groups is 1. The summed E-state index contributed by atoms with van der Waals surface area (Å²) in [5.41, 5.74) is 5.35. The molecule has 0 aromatic heterocycles. The Hall–Kier alpha value is -3.39. The summed E-state index contributed by atoms with van der Waals surface area (Å²) in [5, 5.41) is 0. The van der Waals surface area contributed by atoms with Crippen LogP contribution in [0.25, 0.3) is 11.1 Å². The number of anilines is 1. The predicted octanol–water partition coefficient (Wildman–Crippen LogP) is 5.20. The van der Waals surface area contributed by atoms with Gasteiger partial charge in [0.1, 0.15) is 0 Å². The van der Waals surface area contributed by atoms with Crippen LogP contribution in [-0.4, -0.2) is 12.8 Å². The van der Waals surface area contributed by atoms with Crippen molar-refractivity contribution in [2.24, 2.45) is 0 Å². The van der Waals surface area contributed by atoms with Crippen LogP contribution in [0.1, 0.15) is 11.1 Å². The van der Waals surface area contributed by atoms with E-state index in [4.69, 9.17) is 0 Å². The summed E-state index contributed by atoms with van der Waals surface area (Å²) >= 11 is 0. The van der Waals surface area contributed by atoms with E-state index in [9.17, 15) is 4.79 Å². The average molecular weight is 337 g/mol. The third-order valence-corrected chi connectivity index (χ3v) is 4.66. The highest BCUT2D eigenvalue weighted by Gasteiger charge is 2.29. The third-order valence-electron chi connectivity index (χ3n) is 4.66. The molecule has 0 saturated heterocycles. The first-order chi connectivity index (χ1) is 12.8. The van der Waals surface area contributed by atoms with Crippen molar-refractivity contribution in [1.29, 1.82) is 0 Å². The second-order valence-electron chi connectivity index (χ2n) is 6.27. The highest BCUT2D eigenvalue weighted by Crippen LogP contribution is 2.37. The van der Waals surface area contributed by atoms with Crippen LogP contribution < -0.4 is 4.90 Å². The number of carbonyl (C=O) groups excluding carboxylic acids is 1. The Labute approximate surface area is 153 Å². The molecule has 0 heterocycles. The minimum Gasteiger partial charge on any atom is -0.344 e. The summed E-state index contributed by atoms with van der Waals surface area (Å²) in [6.45, 7) is 0. The first-order valence-electron chi connectivity index (χ1n) is 8.66. The topological polar surface area (TPSA) is 20.3 Å². The van der Waals surface area contributed by atoms with Crippen molar-refractivity contribution in [3.05, 3.63) is 114 Å². The number of benzene rings is 3. The molecule has 0 spiro atoms. The molecule has 0 amide bonds. The number of hydrogen-bond acceptors (Lipinski definition) is 2. The molecule has 3 aromatic rings. The van der Waals surface area contributed by atoms with Gasteiger partial charge in [-0.2, -0.15) is 0 Å². The Morgan fingerprint density at radius 3 is 1.73 bits per heavy atom. The first kappa shape index (κ1) is 16.1. The van der Waals surface area contributed by atoms with E-state index in [1.165, 1.54) is 0 Å². The van der Waals surface area contributed by atoms with Crippen LogP contribution >= 0.6 is 0 Å². The zero-order valence-electron chi connectivity index (χ0n) is 14.6. The van der Waals surface area contributed by atoms with E-state index < -0.39 is 0 Å². The van der Waals surface area contributed by atoms with E-state index in [0.717, 1.165) is 33.7 Å². The average Bonchev–Trinajstić information content (AvgIpc) is 3.06. The first-order valence-corrected chi connectivity index (χ1v) is 8.66. The molecule has 2 heteroatoms. The number of rotatable bonds is 4. The second-order valence-corrected chi connectivity index (χ2v) is 6.27. The lowest BCUT2D eigenvalue weighted by Crippen LogP contribution is -2.16. The number of Topliss-reactive ketones (excluding diaryl/α,β-unsaturated/α-hetero) is 1. The predicted molar refractivity (Wildman–Crippen MR) is 108 cm³/mol. The minimum atomic E-state index is 0.0696. The Bertz CT molecular complexity index is 986. The minimum absolute atomic E-state index is 0.0696. The fourth-order valence-electron chi connectivity index (χ4n) is 3.30. The number of likely N-dealkylation sites (N-methyl/N-ethyl adjacent to an activating group) is 1. The van der Waals surface area contributed by atoms with Gasteiger partial charge in [0.25, 0.3) is 0 Å². The Kier molecular flexibility index (Phi) is 4.24. The van der Waals surface area contributed by atoms with E-state index in [2.05, 4.69) is 17.0 Å². The highest BCUT2D eigenvalue weighted by molar-refractivity contribution is 6.46. The van der Waals surface area contributed by atoms with Gasteiger partial charge < -0.3 is 4.90 Å². The fourth-order valence-corrected chi connectivity index (χ4v) is 3.30. The van der Waals surface area contributed by atoms with Gasteiger partial charge >= 0.3 is 0 Å². The van der Waals surface area contributed by atoms with Gasteiger partial charge in [0.05, 0.1) is 11.3 Å². The monoisotopic (exact) mass is 337 g/mol. The van der Waals surface area contributed by atoms with E-state index in [1.807, 2.05) is 92.0 Å². The number of hydrogen-bond donors (Lipinski definition) is 0. The highest BCUT2D eigenvalue weighted by atomic mass is 16.1. The number of allylic oxidation sites excluding steroid dienone is 3. The van der Waals surface area contributed by atoms with Crippen molar-refractivity contribution < 1.29 is 4.79 Å². The fraction of sp³-hybridized carbons (Fsp3) is 0.0417. The molecule has 26 heavy (non-hydrogen) atoms. The molecule has 4 rings (SSSR count). The maximum atomic E-state index is 13.3. The quantitative estimate of drug-likeness (QED) is 0.652. The lowest BCUT2D eigenvalue weighted by molar-refractivity contribution is -0.108. The van der Waals surface area contributed by atoms with E-state index in [0.29, 0.717) is 0 Å². The summed E-state index contributed by atoms with van der Waals surface area (Å²) in [6.07, 6.45) is 2.01. The molecular weight excluding hydrogens is 318 g/mol. The van der Waals surface area contributed by atoms with Crippen LogP contribution in [-0.2, 0) is 4.79 Å². The summed E-state index contributed by atoms with van der Waals surface area (Å²) in [5.74, 6) is 0.0696. The molecule has 126 valence electrons. The van der Waals surface area contributed by atoms with Gasteiger partial charge in [-0.3, -0.25) is 4.79 Å². The lowest BCUT2D eigenvalue weighted by atomic mass is 9.97. The largest absolute Gasteiger partial charge is 0.344 e. The maximum absolute atomic E-state index is 13.3. The van der Waals surface area contributed by atoms with Crippen LogP contribution in [0.3, 0.4) is 0 Å². The van der Waals surface area contributed by atoms with Crippen molar-refractivity contribution in [1.82, 2.24) is 0 Å². The van der Waals surface area contributed by atoms with Gasteiger partial charge in [0.2, 0.25) is 0 Å². The molecule has 0 aliphatic heterocycles. The molecule has 0 saturated carbocycles. The standard InChI is InChI=1S/C24H19NO/c1-25(20-15-9-4-10-16-20)22-17-21(18-11-5-2-6-12-18)24(26)23(22)19-13-7-3-8-14-19/h2-17H,1H3. The molecule has 2 nitrogen and oxygen atoms in total. The SMILES string of the molecule is CN(C1=C(c2ccccc2)C(=O)C(c2ccccc2)=C1)c1ccccc1. The van der Waals surface area contributed by atoms with Crippen molar-refractivity contribution in [3.63, 3.8) is 0 Å². The van der Waals surface area contributed by atoms with Gasteiger partial charge in [-0.25, -0.2) is 0 Å². The summed E-state index contributed by atoms with van der Waals surface area (Å²) in [7, 11) is 2.01. The van der Waals surface area contributed by atoms with Crippen LogP contribution in [0.4, 0.5) is 5.69 Å². The van der Waals surface area contributed by atoms with E-state index >= 15 is 0 Å². The van der Waals surface area contributed by atoms with Crippen molar-refractivity contribution in [2.45, 2.75) is 0 Å². The second kappa shape index (κ2) is 6.85. The Morgan fingerprint density at radius 2 is 1.15 bits per heavy atom. The van der Waals surface area contributed by atoms with Gasteiger partial charge in [-0.15, -0.1) is 0 Å². The van der Waals surface area contributed by atoms with Gasteiger partial charge in [-0.05, 0) is 29.3 Å². The molecule has 0 unspecified atom stereocenters. The number of nitrogens with zero attached hydrogens (tertiary/aromatic N) is 1. The van der Waals surface area contributed by atoms with Crippen molar-refractivity contribution in [3.8, 4) is 0 Å². The summed E-state index contributed by atoms with van der Waals surface area (Å²) < 4.78 is 0.